The molecule has 0 amide bonds. The highest BCUT2D eigenvalue weighted by Gasteiger charge is 2.24. The molecule has 19 heavy (non-hydrogen) atoms. The van der Waals surface area contributed by atoms with Gasteiger partial charge < -0.3 is 16.3 Å². The van der Waals surface area contributed by atoms with Crippen molar-refractivity contribution in [3.05, 3.63) is 35.9 Å². The van der Waals surface area contributed by atoms with E-state index < -0.39 is 0 Å². The smallest absolute Gasteiger partial charge is 0.141 e. The molecular formula is C15H23N3O. The molecule has 0 bridgehead atoms. The monoisotopic (exact) mass is 261 g/mol. The van der Waals surface area contributed by atoms with Gasteiger partial charge in [0.2, 0.25) is 0 Å². The molecular weight excluding hydrogens is 238 g/mol. The second-order valence-corrected chi connectivity index (χ2v) is 5.54. The number of rotatable bonds is 5. The van der Waals surface area contributed by atoms with Crippen LogP contribution in [0.2, 0.25) is 0 Å². The molecule has 3 unspecified atom stereocenters. The van der Waals surface area contributed by atoms with Crippen molar-refractivity contribution in [3.8, 4) is 0 Å². The molecule has 4 N–H and O–H groups in total. The highest BCUT2D eigenvalue weighted by Crippen LogP contribution is 2.28. The molecule has 0 aromatic heterocycles. The van der Waals surface area contributed by atoms with E-state index in [-0.39, 0.29) is 11.9 Å². The maximum atomic E-state index is 8.77. The van der Waals surface area contributed by atoms with E-state index in [9.17, 15) is 0 Å². The fraction of sp³-hybridized carbons (Fsp3) is 0.533. The predicted molar refractivity (Wildman–Crippen MR) is 77.1 cm³/mol. The average Bonchev–Trinajstić information content (AvgIpc) is 2.84. The van der Waals surface area contributed by atoms with Crippen molar-refractivity contribution in [2.24, 2.45) is 16.8 Å². The van der Waals surface area contributed by atoms with Crippen LogP contribution in [0.5, 0.6) is 0 Å². The summed E-state index contributed by atoms with van der Waals surface area (Å²) in [5.41, 5.74) is 6.86. The molecule has 1 aliphatic carbocycles. The van der Waals surface area contributed by atoms with Gasteiger partial charge in [-0.25, -0.2) is 0 Å². The third-order valence-electron chi connectivity index (χ3n) is 3.88. The van der Waals surface area contributed by atoms with Crippen LogP contribution in [0.3, 0.4) is 0 Å². The molecule has 1 saturated carbocycles. The lowest BCUT2D eigenvalue weighted by atomic mass is 10.0. The third-order valence-corrected chi connectivity index (χ3v) is 3.88. The van der Waals surface area contributed by atoms with Crippen molar-refractivity contribution < 1.29 is 5.21 Å². The number of nitrogens with one attached hydrogen (secondary N) is 1. The second kappa shape index (κ2) is 6.57. The summed E-state index contributed by atoms with van der Waals surface area (Å²) in [6, 6.07) is 10.9. The third kappa shape index (κ3) is 3.96. The zero-order chi connectivity index (χ0) is 13.7. The number of benzene rings is 1. The molecule has 0 saturated heterocycles. The van der Waals surface area contributed by atoms with Crippen LogP contribution < -0.4 is 11.1 Å². The summed E-state index contributed by atoms with van der Waals surface area (Å²) in [7, 11) is 0. The minimum absolute atomic E-state index is 0.118. The Balaban J connectivity index is 2.06. The van der Waals surface area contributed by atoms with E-state index in [2.05, 4.69) is 29.5 Å². The summed E-state index contributed by atoms with van der Waals surface area (Å²) < 4.78 is 0. The quantitative estimate of drug-likeness (QED) is 0.330. The van der Waals surface area contributed by atoms with Crippen molar-refractivity contribution in [1.82, 2.24) is 5.32 Å². The van der Waals surface area contributed by atoms with Gasteiger partial charge in [0.25, 0.3) is 0 Å². The van der Waals surface area contributed by atoms with Crippen molar-refractivity contribution in [3.63, 3.8) is 0 Å². The molecule has 4 nitrogen and oxygen atoms in total. The Kier molecular flexibility index (Phi) is 4.80. The van der Waals surface area contributed by atoms with E-state index in [0.717, 1.165) is 5.92 Å². The molecule has 2 rings (SSSR count). The molecule has 1 fully saturated rings. The standard InChI is InChI=1S/C15H23N3O/c1-11-7-8-13(9-11)17-14(10-15(16)18-19)12-5-3-2-4-6-12/h2-6,11,13-14,17,19H,7-10H2,1H3,(H2,16,18). The van der Waals surface area contributed by atoms with Crippen LogP contribution in [0.15, 0.2) is 35.5 Å². The minimum Gasteiger partial charge on any atom is -0.409 e. The molecule has 0 spiro atoms. The maximum absolute atomic E-state index is 8.77. The van der Waals surface area contributed by atoms with E-state index in [1.165, 1.54) is 24.8 Å². The largest absolute Gasteiger partial charge is 0.409 e. The van der Waals surface area contributed by atoms with Crippen LogP contribution >= 0.6 is 0 Å². The summed E-state index contributed by atoms with van der Waals surface area (Å²) in [6.07, 6.45) is 4.23. The molecule has 1 aliphatic rings. The van der Waals surface area contributed by atoms with Crippen LogP contribution in [-0.2, 0) is 0 Å². The van der Waals surface area contributed by atoms with Gasteiger partial charge in [-0.2, -0.15) is 0 Å². The number of amidine groups is 1. The van der Waals surface area contributed by atoms with Gasteiger partial charge in [-0.3, -0.25) is 0 Å². The number of nitrogens with two attached hydrogens (primary N) is 1. The van der Waals surface area contributed by atoms with Crippen molar-refractivity contribution in [1.29, 1.82) is 0 Å². The first kappa shape index (κ1) is 13.9. The Hall–Kier alpha value is -1.55. The van der Waals surface area contributed by atoms with E-state index in [0.29, 0.717) is 12.5 Å². The second-order valence-electron chi connectivity index (χ2n) is 5.54. The highest BCUT2D eigenvalue weighted by molar-refractivity contribution is 5.80. The molecule has 0 aliphatic heterocycles. The van der Waals surface area contributed by atoms with E-state index >= 15 is 0 Å². The Morgan fingerprint density at radius 2 is 2.16 bits per heavy atom. The van der Waals surface area contributed by atoms with Crippen molar-refractivity contribution >= 4 is 5.84 Å². The topological polar surface area (TPSA) is 70.6 Å². The zero-order valence-electron chi connectivity index (χ0n) is 11.4. The van der Waals surface area contributed by atoms with Crippen molar-refractivity contribution in [2.75, 3.05) is 0 Å². The summed E-state index contributed by atoms with van der Waals surface area (Å²) >= 11 is 0. The molecule has 4 heteroatoms. The van der Waals surface area contributed by atoms with Gasteiger partial charge in [-0.15, -0.1) is 0 Å². The Labute approximate surface area is 114 Å². The molecule has 1 aromatic rings. The van der Waals surface area contributed by atoms with Crippen LogP contribution in [0.1, 0.15) is 44.2 Å². The lowest BCUT2D eigenvalue weighted by Crippen LogP contribution is -2.33. The molecule has 1 aromatic carbocycles. The summed E-state index contributed by atoms with van der Waals surface area (Å²) in [4.78, 5) is 0. The Morgan fingerprint density at radius 3 is 2.74 bits per heavy atom. The number of oxime groups is 1. The number of hydrogen-bond donors (Lipinski definition) is 3. The van der Waals surface area contributed by atoms with Gasteiger partial charge in [0.05, 0.1) is 0 Å². The van der Waals surface area contributed by atoms with Gasteiger partial charge in [-0.1, -0.05) is 42.4 Å². The SMILES string of the molecule is CC1CCC(NC(C/C(N)=N/O)c2ccccc2)C1. The molecule has 0 radical (unpaired) electrons. The van der Waals surface area contributed by atoms with E-state index in [1.807, 2.05) is 18.2 Å². The first-order valence-corrected chi connectivity index (χ1v) is 6.96. The van der Waals surface area contributed by atoms with Gasteiger partial charge in [0.1, 0.15) is 5.84 Å². The fourth-order valence-corrected chi connectivity index (χ4v) is 2.85. The van der Waals surface area contributed by atoms with E-state index in [4.69, 9.17) is 10.9 Å². The normalized spacial score (nSPS) is 25.4. The molecule has 0 heterocycles. The molecule has 104 valence electrons. The van der Waals surface area contributed by atoms with Crippen molar-refractivity contribution in [2.45, 2.75) is 44.7 Å². The first-order valence-electron chi connectivity index (χ1n) is 6.96. The highest BCUT2D eigenvalue weighted by atomic mass is 16.4. The number of hydrogen-bond acceptors (Lipinski definition) is 3. The minimum atomic E-state index is 0.118. The van der Waals surface area contributed by atoms with Gasteiger partial charge >= 0.3 is 0 Å². The average molecular weight is 261 g/mol. The lowest BCUT2D eigenvalue weighted by molar-refractivity contribution is 0.315. The summed E-state index contributed by atoms with van der Waals surface area (Å²) in [6.45, 7) is 2.29. The van der Waals surface area contributed by atoms with E-state index in [1.54, 1.807) is 0 Å². The zero-order valence-corrected chi connectivity index (χ0v) is 11.4. The maximum Gasteiger partial charge on any atom is 0.141 e. The summed E-state index contributed by atoms with van der Waals surface area (Å²) in [5, 5.41) is 15.5. The van der Waals surface area contributed by atoms with Crippen LogP contribution in [-0.4, -0.2) is 17.1 Å². The Bertz CT molecular complexity index is 419. The fourth-order valence-electron chi connectivity index (χ4n) is 2.85. The van der Waals surface area contributed by atoms with Crippen LogP contribution in [0, 0.1) is 5.92 Å². The van der Waals surface area contributed by atoms with Crippen LogP contribution in [0.4, 0.5) is 0 Å². The predicted octanol–water partition coefficient (Wildman–Crippen LogP) is 2.64. The van der Waals surface area contributed by atoms with Gasteiger partial charge in [-0.05, 0) is 30.7 Å². The van der Waals surface area contributed by atoms with Gasteiger partial charge in [0.15, 0.2) is 0 Å². The first-order chi connectivity index (χ1) is 9.19. The Morgan fingerprint density at radius 1 is 1.42 bits per heavy atom. The number of nitrogens with zero attached hydrogens (tertiary/aromatic N) is 1. The summed E-state index contributed by atoms with van der Waals surface area (Å²) in [5.74, 6) is 1.06. The van der Waals surface area contributed by atoms with Gasteiger partial charge in [0, 0.05) is 18.5 Å². The van der Waals surface area contributed by atoms with Crippen LogP contribution in [0.25, 0.3) is 0 Å². The molecule has 3 atom stereocenters. The lowest BCUT2D eigenvalue weighted by Gasteiger charge is -2.23.